The fourth-order valence-corrected chi connectivity index (χ4v) is 4.95. The van der Waals surface area contributed by atoms with Gasteiger partial charge in [0.05, 0.1) is 11.9 Å². The molecule has 2 fully saturated rings. The molecule has 0 aliphatic carbocycles. The van der Waals surface area contributed by atoms with E-state index in [1.165, 1.54) is 5.56 Å². The van der Waals surface area contributed by atoms with Crippen LogP contribution in [-0.4, -0.2) is 47.0 Å². The van der Waals surface area contributed by atoms with Crippen molar-refractivity contribution in [3.63, 3.8) is 0 Å². The van der Waals surface area contributed by atoms with Crippen molar-refractivity contribution >= 4 is 23.3 Å². The molecule has 0 saturated carbocycles. The predicted molar refractivity (Wildman–Crippen MR) is 130 cm³/mol. The zero-order chi connectivity index (χ0) is 22.6. The van der Waals surface area contributed by atoms with Crippen molar-refractivity contribution in [3.8, 4) is 11.5 Å². The van der Waals surface area contributed by atoms with E-state index in [1.54, 1.807) is 12.4 Å². The number of halogens is 1. The molecule has 2 aliphatic rings. The number of likely N-dealkylation sites (tertiary alicyclic amines) is 2. The van der Waals surface area contributed by atoms with Crippen molar-refractivity contribution in [2.45, 2.75) is 13.0 Å². The molecule has 33 heavy (non-hydrogen) atoms. The van der Waals surface area contributed by atoms with E-state index in [-0.39, 0.29) is 6.03 Å². The zero-order valence-electron chi connectivity index (χ0n) is 18.4. The van der Waals surface area contributed by atoms with Gasteiger partial charge in [-0.1, -0.05) is 23.7 Å². The number of ether oxygens (including phenoxy) is 1. The molecule has 3 aromatic rings. The van der Waals surface area contributed by atoms with Crippen molar-refractivity contribution in [3.05, 3.63) is 83.6 Å². The predicted octanol–water partition coefficient (Wildman–Crippen LogP) is 5.51. The summed E-state index contributed by atoms with van der Waals surface area (Å²) < 4.78 is 5.99. The Hall–Kier alpha value is -3.09. The number of piperidine rings is 1. The highest BCUT2D eigenvalue weighted by molar-refractivity contribution is 6.30. The number of hydrogen-bond donors (Lipinski definition) is 1. The first-order valence-electron chi connectivity index (χ1n) is 11.3. The number of benzene rings is 2. The second kappa shape index (κ2) is 9.81. The Morgan fingerprint density at radius 1 is 1.03 bits per heavy atom. The monoisotopic (exact) mass is 462 g/mol. The third kappa shape index (κ3) is 5.46. The summed E-state index contributed by atoms with van der Waals surface area (Å²) in [6.07, 6.45) is 4.42. The van der Waals surface area contributed by atoms with Crippen LogP contribution in [0.1, 0.15) is 12.0 Å². The number of carbonyl (C=O) groups excluding carboxylic acids is 1. The third-order valence-electron chi connectivity index (χ3n) is 6.43. The second-order valence-corrected chi connectivity index (χ2v) is 9.26. The molecule has 1 N–H and O–H groups in total. The van der Waals surface area contributed by atoms with E-state index < -0.39 is 0 Å². The molecule has 2 atom stereocenters. The van der Waals surface area contributed by atoms with E-state index in [0.29, 0.717) is 16.9 Å². The van der Waals surface area contributed by atoms with Gasteiger partial charge in [-0.25, -0.2) is 4.79 Å². The second-order valence-electron chi connectivity index (χ2n) is 8.82. The van der Waals surface area contributed by atoms with E-state index in [4.69, 9.17) is 16.3 Å². The van der Waals surface area contributed by atoms with Gasteiger partial charge in [-0.05, 0) is 72.4 Å². The highest BCUT2D eigenvalue weighted by atomic mass is 35.5. The van der Waals surface area contributed by atoms with Crippen LogP contribution in [0.2, 0.25) is 5.02 Å². The molecule has 0 radical (unpaired) electrons. The van der Waals surface area contributed by atoms with Crippen LogP contribution in [0.25, 0.3) is 0 Å². The highest BCUT2D eigenvalue weighted by Crippen LogP contribution is 2.33. The first-order valence-corrected chi connectivity index (χ1v) is 11.7. The smallest absolute Gasteiger partial charge is 0.321 e. The Morgan fingerprint density at radius 2 is 1.88 bits per heavy atom. The first-order chi connectivity index (χ1) is 16.1. The number of hydrogen-bond acceptors (Lipinski definition) is 4. The SMILES string of the molecule is O=C(Nc1cccnc1)N1CCC2CN(Cc3cccc(Oc4ccc(Cl)cc4)c3)CC2C1. The fourth-order valence-electron chi connectivity index (χ4n) is 4.82. The molecule has 170 valence electrons. The van der Waals surface area contributed by atoms with Crippen LogP contribution in [0, 0.1) is 11.8 Å². The van der Waals surface area contributed by atoms with E-state index in [2.05, 4.69) is 27.3 Å². The maximum absolute atomic E-state index is 12.7. The van der Waals surface area contributed by atoms with Gasteiger partial charge in [0.1, 0.15) is 11.5 Å². The van der Waals surface area contributed by atoms with Crippen molar-refractivity contribution in [2.75, 3.05) is 31.5 Å². The Balaban J connectivity index is 1.16. The van der Waals surface area contributed by atoms with Crippen molar-refractivity contribution in [1.29, 1.82) is 0 Å². The maximum atomic E-state index is 12.7. The van der Waals surface area contributed by atoms with Gasteiger partial charge >= 0.3 is 6.03 Å². The largest absolute Gasteiger partial charge is 0.457 e. The van der Waals surface area contributed by atoms with Crippen LogP contribution in [0.5, 0.6) is 11.5 Å². The minimum atomic E-state index is -0.0352. The number of urea groups is 1. The van der Waals surface area contributed by atoms with Crippen molar-refractivity contribution in [2.24, 2.45) is 11.8 Å². The number of anilines is 1. The normalized spacial score (nSPS) is 20.3. The van der Waals surface area contributed by atoms with Crippen LogP contribution in [0.15, 0.2) is 73.1 Å². The molecule has 0 spiro atoms. The van der Waals surface area contributed by atoms with Gasteiger partial charge in [0.25, 0.3) is 0 Å². The molecule has 2 saturated heterocycles. The third-order valence-corrected chi connectivity index (χ3v) is 6.68. The van der Waals surface area contributed by atoms with Crippen LogP contribution in [0.4, 0.5) is 10.5 Å². The number of carbonyl (C=O) groups is 1. The minimum Gasteiger partial charge on any atom is -0.457 e. The number of fused-ring (bicyclic) bond motifs is 1. The topological polar surface area (TPSA) is 57.7 Å². The number of nitrogens with one attached hydrogen (secondary N) is 1. The van der Waals surface area contributed by atoms with Crippen LogP contribution in [0.3, 0.4) is 0 Å². The lowest BCUT2D eigenvalue weighted by molar-refractivity contribution is 0.161. The van der Waals surface area contributed by atoms with Crippen molar-refractivity contribution < 1.29 is 9.53 Å². The molecule has 7 heteroatoms. The molecular formula is C26H27ClN4O2. The lowest BCUT2D eigenvalue weighted by Gasteiger charge is -2.34. The number of aromatic nitrogens is 1. The molecule has 2 unspecified atom stereocenters. The van der Waals surface area contributed by atoms with Crippen LogP contribution < -0.4 is 10.1 Å². The Bertz CT molecular complexity index is 1090. The van der Waals surface area contributed by atoms with Gasteiger partial charge in [0, 0.05) is 43.9 Å². The molecule has 3 heterocycles. The molecule has 5 rings (SSSR count). The Kier molecular flexibility index (Phi) is 6.46. The summed E-state index contributed by atoms with van der Waals surface area (Å²) in [6, 6.07) is 19.3. The average Bonchev–Trinajstić information content (AvgIpc) is 3.23. The van der Waals surface area contributed by atoms with E-state index in [9.17, 15) is 4.79 Å². The lowest BCUT2D eigenvalue weighted by atomic mass is 9.89. The van der Waals surface area contributed by atoms with Crippen LogP contribution >= 0.6 is 11.6 Å². The molecule has 2 amide bonds. The number of pyridine rings is 1. The van der Waals surface area contributed by atoms with E-state index >= 15 is 0 Å². The molecule has 1 aromatic heterocycles. The van der Waals surface area contributed by atoms with Gasteiger partial charge in [-0.3, -0.25) is 9.88 Å². The van der Waals surface area contributed by atoms with Gasteiger partial charge in [-0.15, -0.1) is 0 Å². The van der Waals surface area contributed by atoms with Gasteiger partial charge in [0.2, 0.25) is 0 Å². The Labute approximate surface area is 199 Å². The standard InChI is InChI=1S/C26H27ClN4O2/c27-22-6-8-24(9-7-22)33-25-5-1-3-19(13-25)15-30-16-20-10-12-31(18-21(20)17-30)26(32)29-23-4-2-11-28-14-23/h1-9,11,13-14,20-21H,10,12,15-18H2,(H,29,32). The Morgan fingerprint density at radius 3 is 2.70 bits per heavy atom. The summed E-state index contributed by atoms with van der Waals surface area (Å²) in [5.74, 6) is 2.74. The zero-order valence-corrected chi connectivity index (χ0v) is 19.1. The van der Waals surface area contributed by atoms with Gasteiger partial charge < -0.3 is 15.0 Å². The molecule has 2 aromatic carbocycles. The van der Waals surface area contributed by atoms with E-state index in [0.717, 1.165) is 56.3 Å². The summed E-state index contributed by atoms with van der Waals surface area (Å²) in [6.45, 7) is 4.56. The number of nitrogens with zero attached hydrogens (tertiary/aromatic N) is 3. The number of amides is 2. The van der Waals surface area contributed by atoms with Gasteiger partial charge in [0.15, 0.2) is 0 Å². The quantitative estimate of drug-likeness (QED) is 0.543. The maximum Gasteiger partial charge on any atom is 0.321 e. The molecule has 6 nitrogen and oxygen atoms in total. The minimum absolute atomic E-state index is 0.0352. The summed E-state index contributed by atoms with van der Waals surface area (Å²) in [7, 11) is 0. The highest BCUT2D eigenvalue weighted by Gasteiger charge is 2.38. The molecule has 2 aliphatic heterocycles. The summed E-state index contributed by atoms with van der Waals surface area (Å²) >= 11 is 5.96. The molecule has 0 bridgehead atoms. The number of rotatable bonds is 5. The first kappa shape index (κ1) is 21.7. The molecular weight excluding hydrogens is 436 g/mol. The van der Waals surface area contributed by atoms with E-state index in [1.807, 2.05) is 53.4 Å². The van der Waals surface area contributed by atoms with Crippen molar-refractivity contribution in [1.82, 2.24) is 14.8 Å². The fraction of sp³-hybridized carbons (Fsp3) is 0.308. The lowest BCUT2D eigenvalue weighted by Crippen LogP contribution is -2.45. The average molecular weight is 463 g/mol. The van der Waals surface area contributed by atoms with Crippen LogP contribution in [-0.2, 0) is 6.54 Å². The summed E-state index contributed by atoms with van der Waals surface area (Å²) in [5, 5.41) is 3.66. The summed E-state index contributed by atoms with van der Waals surface area (Å²) in [5.41, 5.74) is 1.96. The summed E-state index contributed by atoms with van der Waals surface area (Å²) in [4.78, 5) is 21.2. The van der Waals surface area contributed by atoms with Gasteiger partial charge in [-0.2, -0.15) is 0 Å².